The maximum atomic E-state index is 13.0. The minimum atomic E-state index is -1.03. The van der Waals surface area contributed by atoms with Crippen LogP contribution in [0.1, 0.15) is 11.4 Å². The van der Waals surface area contributed by atoms with E-state index in [2.05, 4.69) is 20.9 Å². The molecule has 29 heavy (non-hydrogen) atoms. The Kier molecular flexibility index (Phi) is 6.03. The van der Waals surface area contributed by atoms with E-state index in [0.29, 0.717) is 36.0 Å². The molecule has 0 saturated carbocycles. The molecule has 150 valence electrons. The van der Waals surface area contributed by atoms with Crippen LogP contribution in [0.25, 0.3) is 10.2 Å². The van der Waals surface area contributed by atoms with Crippen LogP contribution in [0.15, 0.2) is 33.6 Å². The summed E-state index contributed by atoms with van der Waals surface area (Å²) in [5, 5.41) is 10.2. The topological polar surface area (TPSA) is 70.5 Å². The van der Waals surface area contributed by atoms with Gasteiger partial charge in [0.2, 0.25) is 5.91 Å². The van der Waals surface area contributed by atoms with Crippen LogP contribution in [0.3, 0.4) is 0 Å². The molecule has 1 unspecified atom stereocenters. The third kappa shape index (κ3) is 4.11. The second kappa shape index (κ2) is 8.24. The van der Waals surface area contributed by atoms with E-state index in [9.17, 15) is 14.7 Å². The highest BCUT2D eigenvalue weighted by atomic mass is 79.9. The number of hydrogen-bond donors (Lipinski definition) is 1. The molecule has 0 fully saturated rings. The second-order valence-electron chi connectivity index (χ2n) is 6.18. The van der Waals surface area contributed by atoms with Crippen molar-refractivity contribution in [3.8, 4) is 0 Å². The van der Waals surface area contributed by atoms with Gasteiger partial charge in [-0.05, 0) is 24.3 Å². The molecule has 0 saturated heterocycles. The van der Waals surface area contributed by atoms with Crippen molar-refractivity contribution < 1.29 is 14.7 Å². The standard InChI is InChI=1S/C18H10BrCl3N2O3S2/c19-7-1-2-10-11(3-7)28-12(5-14(25)26)18(27)24(10)6-13-23-16-15(22)8(20)4-9(21)17(16)29-13/h1-4,12H,5-6H2,(H,25,26). The van der Waals surface area contributed by atoms with E-state index < -0.39 is 11.2 Å². The number of halogens is 4. The van der Waals surface area contributed by atoms with Crippen molar-refractivity contribution in [2.45, 2.75) is 23.1 Å². The predicted octanol–water partition coefficient (Wildman–Crippen LogP) is 6.50. The van der Waals surface area contributed by atoms with E-state index in [0.717, 1.165) is 9.37 Å². The number of aliphatic carboxylic acids is 1. The molecule has 0 bridgehead atoms. The van der Waals surface area contributed by atoms with Crippen LogP contribution in [0.4, 0.5) is 5.69 Å². The van der Waals surface area contributed by atoms with Gasteiger partial charge in [0.1, 0.15) is 10.5 Å². The first kappa shape index (κ1) is 21.2. The van der Waals surface area contributed by atoms with Gasteiger partial charge in [-0.25, -0.2) is 4.98 Å². The number of benzene rings is 2. The third-order valence-corrected chi connectivity index (χ3v) is 8.22. The molecule has 1 aliphatic rings. The Balaban J connectivity index is 1.76. The molecule has 3 aromatic rings. The number of thiazole rings is 1. The van der Waals surface area contributed by atoms with E-state index in [1.54, 1.807) is 11.0 Å². The van der Waals surface area contributed by atoms with Crippen molar-refractivity contribution >= 4 is 102 Å². The quantitative estimate of drug-likeness (QED) is 0.374. The Labute approximate surface area is 197 Å². The summed E-state index contributed by atoms with van der Waals surface area (Å²) in [4.78, 5) is 31.2. The molecular formula is C18H10BrCl3N2O3S2. The van der Waals surface area contributed by atoms with Gasteiger partial charge < -0.3 is 10.0 Å². The SMILES string of the molecule is O=C(O)CC1Sc2cc(Br)ccc2N(Cc2nc3c(Cl)c(Cl)cc(Cl)c3s2)C1=O. The molecule has 2 aromatic carbocycles. The molecule has 1 aromatic heterocycles. The summed E-state index contributed by atoms with van der Waals surface area (Å²) in [6.07, 6.45) is -0.265. The summed E-state index contributed by atoms with van der Waals surface area (Å²) in [6, 6.07) is 7.10. The van der Waals surface area contributed by atoms with Crippen LogP contribution in [-0.4, -0.2) is 27.2 Å². The molecule has 0 spiro atoms. The number of carboxylic acids is 1. The summed E-state index contributed by atoms with van der Waals surface area (Å²) in [5.41, 5.74) is 1.19. The average molecular weight is 553 g/mol. The van der Waals surface area contributed by atoms with Crippen molar-refractivity contribution in [3.05, 3.63) is 48.8 Å². The molecule has 0 aliphatic carbocycles. The Hall–Kier alpha value is -1.03. The fourth-order valence-corrected chi connectivity index (χ4v) is 6.53. The van der Waals surface area contributed by atoms with Crippen molar-refractivity contribution in [1.29, 1.82) is 0 Å². The van der Waals surface area contributed by atoms with Gasteiger partial charge in [-0.2, -0.15) is 0 Å². The lowest BCUT2D eigenvalue weighted by Crippen LogP contribution is -2.41. The van der Waals surface area contributed by atoms with E-state index in [4.69, 9.17) is 34.8 Å². The number of carbonyl (C=O) groups excluding carboxylic acids is 1. The summed E-state index contributed by atoms with van der Waals surface area (Å²) >= 11 is 24.6. The number of rotatable bonds is 4. The lowest BCUT2D eigenvalue weighted by atomic mass is 10.2. The molecule has 11 heteroatoms. The number of aromatic nitrogens is 1. The monoisotopic (exact) mass is 550 g/mol. The number of hydrogen-bond acceptors (Lipinski definition) is 5. The van der Waals surface area contributed by atoms with Crippen LogP contribution < -0.4 is 4.90 Å². The first-order chi connectivity index (χ1) is 13.7. The summed E-state index contributed by atoms with van der Waals surface area (Å²) in [6.45, 7) is 0.174. The van der Waals surface area contributed by atoms with Gasteiger partial charge >= 0.3 is 5.97 Å². The molecule has 0 radical (unpaired) electrons. The lowest BCUT2D eigenvalue weighted by molar-refractivity contribution is -0.138. The average Bonchev–Trinajstić information content (AvgIpc) is 3.07. The van der Waals surface area contributed by atoms with Gasteiger partial charge in [0.05, 0.1) is 43.7 Å². The van der Waals surface area contributed by atoms with Gasteiger partial charge in [0.25, 0.3) is 0 Å². The normalized spacial score (nSPS) is 16.3. The highest BCUT2D eigenvalue weighted by molar-refractivity contribution is 9.10. The van der Waals surface area contributed by atoms with Crippen LogP contribution in [0.2, 0.25) is 15.1 Å². The second-order valence-corrected chi connectivity index (χ2v) is 10.6. The van der Waals surface area contributed by atoms with Gasteiger partial charge in [-0.3, -0.25) is 9.59 Å². The van der Waals surface area contributed by atoms with Crippen LogP contribution in [0, 0.1) is 0 Å². The zero-order valence-electron chi connectivity index (χ0n) is 14.3. The largest absolute Gasteiger partial charge is 0.481 e. The Morgan fingerprint density at radius 2 is 2.00 bits per heavy atom. The minimum absolute atomic E-state index is 0.174. The maximum absolute atomic E-state index is 13.0. The van der Waals surface area contributed by atoms with Crippen LogP contribution in [0.5, 0.6) is 0 Å². The Morgan fingerprint density at radius 1 is 1.24 bits per heavy atom. The molecule has 1 atom stereocenters. The van der Waals surface area contributed by atoms with Gasteiger partial charge in [0, 0.05) is 9.37 Å². The summed E-state index contributed by atoms with van der Waals surface area (Å²) in [5.74, 6) is -1.30. The van der Waals surface area contributed by atoms with Gasteiger partial charge in [-0.1, -0.05) is 50.7 Å². The zero-order valence-corrected chi connectivity index (χ0v) is 19.8. The number of carboxylic acid groups (broad SMARTS) is 1. The van der Waals surface area contributed by atoms with Gasteiger partial charge in [0.15, 0.2) is 0 Å². The number of fused-ring (bicyclic) bond motifs is 2. The van der Waals surface area contributed by atoms with E-state index in [-0.39, 0.29) is 18.9 Å². The molecule has 1 N–H and O–H groups in total. The smallest absolute Gasteiger partial charge is 0.305 e. The summed E-state index contributed by atoms with van der Waals surface area (Å²) < 4.78 is 1.54. The Bertz CT molecular complexity index is 1170. The first-order valence-electron chi connectivity index (χ1n) is 8.17. The molecule has 5 nitrogen and oxygen atoms in total. The molecule has 4 rings (SSSR count). The maximum Gasteiger partial charge on any atom is 0.305 e. The van der Waals surface area contributed by atoms with Crippen LogP contribution >= 0.6 is 73.8 Å². The number of thioether (sulfide) groups is 1. The Morgan fingerprint density at radius 3 is 2.72 bits per heavy atom. The number of carbonyl (C=O) groups is 2. The fourth-order valence-electron chi connectivity index (χ4n) is 2.98. The minimum Gasteiger partial charge on any atom is -0.481 e. The van der Waals surface area contributed by atoms with Crippen LogP contribution in [-0.2, 0) is 16.1 Å². The fraction of sp³-hybridized carbons (Fsp3) is 0.167. The van der Waals surface area contributed by atoms with Gasteiger partial charge in [-0.15, -0.1) is 23.1 Å². The summed E-state index contributed by atoms with van der Waals surface area (Å²) in [7, 11) is 0. The lowest BCUT2D eigenvalue weighted by Gasteiger charge is -2.32. The highest BCUT2D eigenvalue weighted by Gasteiger charge is 2.35. The highest BCUT2D eigenvalue weighted by Crippen LogP contribution is 2.44. The van der Waals surface area contributed by atoms with Crippen molar-refractivity contribution in [1.82, 2.24) is 4.98 Å². The van der Waals surface area contributed by atoms with Crippen molar-refractivity contribution in [2.24, 2.45) is 0 Å². The van der Waals surface area contributed by atoms with E-state index >= 15 is 0 Å². The third-order valence-electron chi connectivity index (χ3n) is 4.24. The van der Waals surface area contributed by atoms with E-state index in [1.165, 1.54) is 23.1 Å². The zero-order chi connectivity index (χ0) is 20.9. The molecule has 1 aliphatic heterocycles. The molecular weight excluding hydrogens is 543 g/mol. The van der Waals surface area contributed by atoms with E-state index in [1.807, 2.05) is 18.2 Å². The molecule has 2 heterocycles. The number of amides is 1. The first-order valence-corrected chi connectivity index (χ1v) is 11.8. The van der Waals surface area contributed by atoms with Crippen molar-refractivity contribution in [3.63, 3.8) is 0 Å². The van der Waals surface area contributed by atoms with Crippen molar-refractivity contribution in [2.75, 3.05) is 4.90 Å². The predicted molar refractivity (Wildman–Crippen MR) is 122 cm³/mol. The number of nitrogens with zero attached hydrogens (tertiary/aromatic N) is 2. The molecule has 1 amide bonds. The number of anilines is 1.